The number of carbonyl (C=O) groups is 1. The SMILES string of the molecule is CCN(CC)S(=O)(=O)c1ccc(N2CCOCC2)c(NC(=O)c2cccc(C(F)(F)F)c2)c1. The summed E-state index contributed by atoms with van der Waals surface area (Å²) in [5.41, 5.74) is -0.360. The minimum atomic E-state index is -4.59. The Morgan fingerprint density at radius 1 is 1.09 bits per heavy atom. The number of nitrogens with zero attached hydrogens (tertiary/aromatic N) is 2. The third-order valence-corrected chi connectivity index (χ3v) is 7.41. The average molecular weight is 486 g/mol. The van der Waals surface area contributed by atoms with E-state index in [0.717, 1.165) is 18.2 Å². The predicted molar refractivity (Wildman–Crippen MR) is 119 cm³/mol. The summed E-state index contributed by atoms with van der Waals surface area (Å²) in [7, 11) is -3.81. The zero-order chi connectivity index (χ0) is 24.2. The van der Waals surface area contributed by atoms with E-state index in [4.69, 9.17) is 4.74 Å². The molecular weight excluding hydrogens is 459 g/mol. The van der Waals surface area contributed by atoms with E-state index in [1.807, 2.05) is 4.90 Å². The Hall–Kier alpha value is -2.63. The lowest BCUT2D eigenvalue weighted by Gasteiger charge is -2.31. The van der Waals surface area contributed by atoms with Crippen molar-refractivity contribution in [2.75, 3.05) is 49.6 Å². The Balaban J connectivity index is 2.01. The highest BCUT2D eigenvalue weighted by atomic mass is 32.2. The summed E-state index contributed by atoms with van der Waals surface area (Å²) in [6.07, 6.45) is -4.59. The monoisotopic (exact) mass is 485 g/mol. The van der Waals surface area contributed by atoms with Crippen LogP contribution < -0.4 is 10.2 Å². The number of carbonyl (C=O) groups excluding carboxylic acids is 1. The Labute approximate surface area is 191 Å². The molecule has 180 valence electrons. The van der Waals surface area contributed by atoms with E-state index in [1.54, 1.807) is 19.9 Å². The Bertz CT molecular complexity index is 1100. The first-order chi connectivity index (χ1) is 15.6. The van der Waals surface area contributed by atoms with Crippen LogP contribution in [0.5, 0.6) is 0 Å². The van der Waals surface area contributed by atoms with Crippen molar-refractivity contribution in [3.05, 3.63) is 53.6 Å². The Morgan fingerprint density at radius 2 is 1.76 bits per heavy atom. The van der Waals surface area contributed by atoms with Gasteiger partial charge in [0.15, 0.2) is 0 Å². The normalized spacial score (nSPS) is 15.0. The standard InChI is InChI=1S/C22H26F3N3O4S/c1-3-28(4-2)33(30,31)18-8-9-20(27-10-12-32-13-11-27)19(15-18)26-21(29)16-6-5-7-17(14-16)22(23,24)25/h5-9,14-15H,3-4,10-13H2,1-2H3,(H,26,29). The van der Waals surface area contributed by atoms with Crippen molar-refractivity contribution in [3.63, 3.8) is 0 Å². The molecule has 0 aliphatic carbocycles. The van der Waals surface area contributed by atoms with E-state index in [2.05, 4.69) is 5.32 Å². The predicted octanol–water partition coefficient (Wildman–Crippen LogP) is 3.82. The molecule has 11 heteroatoms. The van der Waals surface area contributed by atoms with E-state index in [0.29, 0.717) is 32.0 Å². The first-order valence-corrected chi connectivity index (χ1v) is 12.0. The fraction of sp³-hybridized carbons (Fsp3) is 0.409. The molecule has 0 saturated carbocycles. The van der Waals surface area contributed by atoms with Gasteiger partial charge in [0.05, 0.1) is 35.0 Å². The molecule has 1 aliphatic heterocycles. The maximum atomic E-state index is 13.1. The number of morpholine rings is 1. The lowest BCUT2D eigenvalue weighted by Crippen LogP contribution is -2.37. The van der Waals surface area contributed by atoms with Crippen LogP contribution in [0.15, 0.2) is 47.4 Å². The smallest absolute Gasteiger partial charge is 0.378 e. The molecule has 1 fully saturated rings. The number of anilines is 2. The van der Waals surface area contributed by atoms with Gasteiger partial charge in [0, 0.05) is 31.7 Å². The maximum Gasteiger partial charge on any atom is 0.416 e. The molecule has 7 nitrogen and oxygen atoms in total. The molecular formula is C22H26F3N3O4S. The molecule has 2 aromatic carbocycles. The van der Waals surface area contributed by atoms with Gasteiger partial charge in [-0.05, 0) is 36.4 Å². The van der Waals surface area contributed by atoms with Crippen LogP contribution in [0.4, 0.5) is 24.5 Å². The van der Waals surface area contributed by atoms with Gasteiger partial charge in [0.25, 0.3) is 5.91 Å². The van der Waals surface area contributed by atoms with Crippen LogP contribution in [0.3, 0.4) is 0 Å². The van der Waals surface area contributed by atoms with Gasteiger partial charge in [-0.1, -0.05) is 19.9 Å². The van der Waals surface area contributed by atoms with Gasteiger partial charge < -0.3 is 15.0 Å². The molecule has 1 amide bonds. The highest BCUT2D eigenvalue weighted by Crippen LogP contribution is 2.32. The molecule has 0 unspecified atom stereocenters. The van der Waals surface area contributed by atoms with Crippen LogP contribution in [0, 0.1) is 0 Å². The molecule has 0 aromatic heterocycles. The van der Waals surface area contributed by atoms with Gasteiger partial charge >= 0.3 is 6.18 Å². The zero-order valence-electron chi connectivity index (χ0n) is 18.4. The van der Waals surface area contributed by atoms with Gasteiger partial charge in [0.2, 0.25) is 10.0 Å². The second-order valence-corrected chi connectivity index (χ2v) is 9.34. The molecule has 0 atom stereocenters. The van der Waals surface area contributed by atoms with Crippen molar-refractivity contribution in [2.45, 2.75) is 24.9 Å². The highest BCUT2D eigenvalue weighted by molar-refractivity contribution is 7.89. The largest absolute Gasteiger partial charge is 0.416 e. The van der Waals surface area contributed by atoms with Gasteiger partial charge in [-0.25, -0.2) is 8.42 Å². The van der Waals surface area contributed by atoms with Crippen LogP contribution in [0.25, 0.3) is 0 Å². The molecule has 1 aliphatic rings. The summed E-state index contributed by atoms with van der Waals surface area (Å²) < 4.78 is 71.9. The second-order valence-electron chi connectivity index (χ2n) is 7.40. The van der Waals surface area contributed by atoms with Gasteiger partial charge in [0.1, 0.15) is 0 Å². The highest BCUT2D eigenvalue weighted by Gasteiger charge is 2.31. The first kappa shape index (κ1) is 25.0. The van der Waals surface area contributed by atoms with Crippen molar-refractivity contribution < 1.29 is 31.1 Å². The fourth-order valence-electron chi connectivity index (χ4n) is 3.60. The summed E-state index contributed by atoms with van der Waals surface area (Å²) in [4.78, 5) is 14.8. The summed E-state index contributed by atoms with van der Waals surface area (Å²) in [5.74, 6) is -0.770. The molecule has 0 radical (unpaired) electrons. The number of nitrogens with one attached hydrogen (secondary N) is 1. The lowest BCUT2D eigenvalue weighted by molar-refractivity contribution is -0.137. The summed E-state index contributed by atoms with van der Waals surface area (Å²) >= 11 is 0. The number of rotatable bonds is 7. The number of halogens is 3. The number of hydrogen-bond acceptors (Lipinski definition) is 5. The van der Waals surface area contributed by atoms with Gasteiger partial charge in [-0.3, -0.25) is 4.79 Å². The number of benzene rings is 2. The van der Waals surface area contributed by atoms with Gasteiger partial charge in [-0.2, -0.15) is 17.5 Å². The third kappa shape index (κ3) is 5.66. The number of alkyl halides is 3. The van der Waals surface area contributed by atoms with Gasteiger partial charge in [-0.15, -0.1) is 0 Å². The second kappa shape index (κ2) is 10.1. The zero-order valence-corrected chi connectivity index (χ0v) is 19.2. The minimum Gasteiger partial charge on any atom is -0.378 e. The average Bonchev–Trinajstić information content (AvgIpc) is 2.79. The van der Waals surface area contributed by atoms with E-state index in [-0.39, 0.29) is 29.2 Å². The van der Waals surface area contributed by atoms with Crippen molar-refractivity contribution in [3.8, 4) is 0 Å². The van der Waals surface area contributed by atoms with E-state index in [1.165, 1.54) is 22.5 Å². The summed E-state index contributed by atoms with van der Waals surface area (Å²) in [6.45, 7) is 5.95. The quantitative estimate of drug-likeness (QED) is 0.645. The van der Waals surface area contributed by atoms with Crippen molar-refractivity contribution in [1.82, 2.24) is 4.31 Å². The summed E-state index contributed by atoms with van der Waals surface area (Å²) in [5, 5.41) is 2.62. The Kier molecular flexibility index (Phi) is 7.65. The van der Waals surface area contributed by atoms with Crippen molar-refractivity contribution in [2.24, 2.45) is 0 Å². The number of sulfonamides is 1. The van der Waals surface area contributed by atoms with Crippen LogP contribution in [0.2, 0.25) is 0 Å². The Morgan fingerprint density at radius 3 is 2.36 bits per heavy atom. The molecule has 0 bridgehead atoms. The third-order valence-electron chi connectivity index (χ3n) is 5.36. The fourth-order valence-corrected chi connectivity index (χ4v) is 5.08. The van der Waals surface area contributed by atoms with Crippen LogP contribution >= 0.6 is 0 Å². The van der Waals surface area contributed by atoms with Crippen LogP contribution in [0.1, 0.15) is 29.8 Å². The molecule has 1 saturated heterocycles. The maximum absolute atomic E-state index is 13.1. The lowest BCUT2D eigenvalue weighted by atomic mass is 10.1. The number of ether oxygens (including phenoxy) is 1. The molecule has 1 heterocycles. The molecule has 2 aromatic rings. The molecule has 0 spiro atoms. The van der Waals surface area contributed by atoms with Crippen molar-refractivity contribution >= 4 is 27.3 Å². The van der Waals surface area contributed by atoms with Crippen molar-refractivity contribution in [1.29, 1.82) is 0 Å². The number of amides is 1. The number of hydrogen-bond donors (Lipinski definition) is 1. The molecule has 33 heavy (non-hydrogen) atoms. The van der Waals surface area contributed by atoms with Crippen LogP contribution in [-0.2, 0) is 20.9 Å². The van der Waals surface area contributed by atoms with E-state index >= 15 is 0 Å². The molecule has 3 rings (SSSR count). The van der Waals surface area contributed by atoms with E-state index < -0.39 is 27.7 Å². The van der Waals surface area contributed by atoms with E-state index in [9.17, 15) is 26.4 Å². The molecule has 1 N–H and O–H groups in total. The minimum absolute atomic E-state index is 0.0115. The summed E-state index contributed by atoms with van der Waals surface area (Å²) in [6, 6.07) is 8.50. The first-order valence-electron chi connectivity index (χ1n) is 10.5. The van der Waals surface area contributed by atoms with Crippen LogP contribution in [-0.4, -0.2) is 58.0 Å². The topological polar surface area (TPSA) is 79.0 Å².